The van der Waals surface area contributed by atoms with E-state index in [1.165, 1.54) is 44.5 Å². The van der Waals surface area contributed by atoms with Crippen LogP contribution in [0.1, 0.15) is 28.7 Å². The smallest absolute Gasteiger partial charge is 0.271 e. The molecule has 3 aromatic heterocycles. The van der Waals surface area contributed by atoms with Gasteiger partial charge in [0.2, 0.25) is 5.91 Å². The zero-order chi connectivity index (χ0) is 24.1. The molecule has 0 saturated carbocycles. The Morgan fingerprint density at radius 2 is 1.89 bits per heavy atom. The number of benzene rings is 2. The maximum atomic E-state index is 13.2. The van der Waals surface area contributed by atoms with Crippen LogP contribution in [0.15, 0.2) is 59.7 Å². The number of carbonyl (C=O) groups excluding carboxylic acids is 1. The van der Waals surface area contributed by atoms with Crippen molar-refractivity contribution in [2.75, 3.05) is 5.32 Å². The molecule has 0 bridgehead atoms. The van der Waals surface area contributed by atoms with Crippen LogP contribution < -0.4 is 10.9 Å². The van der Waals surface area contributed by atoms with Crippen molar-refractivity contribution in [3.8, 4) is 11.3 Å². The van der Waals surface area contributed by atoms with Crippen molar-refractivity contribution in [3.05, 3.63) is 87.5 Å². The first kappa shape index (κ1) is 21.7. The van der Waals surface area contributed by atoms with Gasteiger partial charge in [-0.25, -0.2) is 9.97 Å². The summed E-state index contributed by atoms with van der Waals surface area (Å²) in [5.41, 5.74) is 8.17. The molecule has 1 aliphatic rings. The van der Waals surface area contributed by atoms with Gasteiger partial charge in [-0.1, -0.05) is 18.2 Å². The topological polar surface area (TPSA) is 76.9 Å². The lowest BCUT2D eigenvalue weighted by Gasteiger charge is -2.09. The van der Waals surface area contributed by atoms with E-state index >= 15 is 0 Å². The largest absolute Gasteiger partial charge is 0.325 e. The average Bonchev–Trinajstić information content (AvgIpc) is 3.46. The Morgan fingerprint density at radius 1 is 1.03 bits per heavy atom. The van der Waals surface area contributed by atoms with Gasteiger partial charge in [0.25, 0.3) is 5.56 Å². The molecule has 3 heterocycles. The number of nitrogens with one attached hydrogen (secondary N) is 1. The lowest BCUT2D eigenvalue weighted by molar-refractivity contribution is -0.116. The summed E-state index contributed by atoms with van der Waals surface area (Å²) in [5.74, 6) is -0.248. The quantitative estimate of drug-likeness (QED) is 0.373. The number of amides is 1. The first-order valence-corrected chi connectivity index (χ1v) is 12.6. The van der Waals surface area contributed by atoms with E-state index < -0.39 is 0 Å². The molecule has 0 atom stereocenters. The number of rotatable bonds is 4. The van der Waals surface area contributed by atoms with Gasteiger partial charge >= 0.3 is 0 Å². The highest BCUT2D eigenvalue weighted by Gasteiger charge is 2.16. The molecule has 6 rings (SSSR count). The lowest BCUT2D eigenvalue weighted by atomic mass is 10.0. The molecule has 6 nitrogen and oxygen atoms in total. The van der Waals surface area contributed by atoms with E-state index in [4.69, 9.17) is 4.98 Å². The monoisotopic (exact) mass is 480 g/mol. The summed E-state index contributed by atoms with van der Waals surface area (Å²) in [6.07, 6.45) is 4.76. The Balaban J connectivity index is 1.29. The minimum atomic E-state index is -0.248. The molecule has 0 saturated heterocycles. The molecule has 2 aromatic carbocycles. The van der Waals surface area contributed by atoms with Gasteiger partial charge in [0.05, 0.1) is 17.5 Å². The fourth-order valence-electron chi connectivity index (χ4n) is 4.73. The number of pyridine rings is 1. The van der Waals surface area contributed by atoms with Crippen LogP contribution in [0.3, 0.4) is 0 Å². The van der Waals surface area contributed by atoms with Crippen LogP contribution in [-0.4, -0.2) is 20.4 Å². The highest BCUT2D eigenvalue weighted by atomic mass is 32.1. The number of aryl methyl sites for hydroxylation is 4. The summed E-state index contributed by atoms with van der Waals surface area (Å²) in [5, 5.41) is 3.77. The van der Waals surface area contributed by atoms with E-state index in [1.807, 2.05) is 24.3 Å². The lowest BCUT2D eigenvalue weighted by Crippen LogP contribution is -2.27. The van der Waals surface area contributed by atoms with Crippen molar-refractivity contribution in [1.82, 2.24) is 14.5 Å². The van der Waals surface area contributed by atoms with E-state index in [2.05, 4.69) is 48.4 Å². The molecule has 174 valence electrons. The molecule has 0 aliphatic heterocycles. The van der Waals surface area contributed by atoms with Crippen LogP contribution in [0.25, 0.3) is 31.7 Å². The summed E-state index contributed by atoms with van der Waals surface area (Å²) >= 11 is 1.32. The summed E-state index contributed by atoms with van der Waals surface area (Å²) in [6, 6.07) is 16.3. The Morgan fingerprint density at radius 3 is 2.74 bits per heavy atom. The Bertz CT molecular complexity index is 1700. The Kier molecular flexibility index (Phi) is 5.22. The van der Waals surface area contributed by atoms with Crippen LogP contribution in [0.2, 0.25) is 0 Å². The van der Waals surface area contributed by atoms with Crippen LogP contribution in [0.5, 0.6) is 0 Å². The standard InChI is InChI=1S/C28H24N4O2S/c1-16-6-7-20(12-17(16)2)23-11-10-22-25-26(35-27(22)31-23)28(34)32(15-29-25)14-24(33)30-21-9-8-18-4-3-5-19(18)13-21/h6-13,15H,3-5,14H2,1-2H3,(H,30,33). The van der Waals surface area contributed by atoms with Gasteiger partial charge in [0, 0.05) is 16.6 Å². The minimum Gasteiger partial charge on any atom is -0.325 e. The van der Waals surface area contributed by atoms with Crippen LogP contribution >= 0.6 is 11.3 Å². The molecule has 0 radical (unpaired) electrons. The highest BCUT2D eigenvalue weighted by Crippen LogP contribution is 2.31. The summed E-state index contributed by atoms with van der Waals surface area (Å²) in [6.45, 7) is 4.09. The molecule has 0 unspecified atom stereocenters. The third-order valence-corrected chi connectivity index (χ3v) is 7.89. The number of hydrogen-bond acceptors (Lipinski definition) is 5. The molecular formula is C28H24N4O2S. The van der Waals surface area contributed by atoms with Crippen molar-refractivity contribution >= 4 is 43.4 Å². The number of thiophene rings is 1. The maximum absolute atomic E-state index is 13.2. The summed E-state index contributed by atoms with van der Waals surface area (Å²) < 4.78 is 1.88. The van der Waals surface area contributed by atoms with Gasteiger partial charge in [-0.3, -0.25) is 14.2 Å². The minimum absolute atomic E-state index is 0.0889. The third kappa shape index (κ3) is 3.91. The average molecular weight is 481 g/mol. The van der Waals surface area contributed by atoms with E-state index in [1.54, 1.807) is 0 Å². The first-order valence-electron chi connectivity index (χ1n) is 11.7. The number of hydrogen-bond donors (Lipinski definition) is 1. The van der Waals surface area contributed by atoms with Crippen molar-refractivity contribution in [2.24, 2.45) is 0 Å². The second-order valence-corrected chi connectivity index (χ2v) is 10.2. The molecule has 7 heteroatoms. The summed E-state index contributed by atoms with van der Waals surface area (Å²) in [7, 11) is 0. The third-order valence-electron chi connectivity index (χ3n) is 6.81. The van der Waals surface area contributed by atoms with Crippen LogP contribution in [-0.2, 0) is 24.2 Å². The zero-order valence-electron chi connectivity index (χ0n) is 19.6. The number of fused-ring (bicyclic) bond motifs is 4. The van der Waals surface area contributed by atoms with E-state index in [9.17, 15) is 9.59 Å². The fourth-order valence-corrected chi connectivity index (χ4v) is 5.80. The van der Waals surface area contributed by atoms with Crippen LogP contribution in [0.4, 0.5) is 5.69 Å². The number of anilines is 1. The van der Waals surface area contributed by atoms with Crippen molar-refractivity contribution in [3.63, 3.8) is 0 Å². The van der Waals surface area contributed by atoms with Gasteiger partial charge in [-0.15, -0.1) is 11.3 Å². The van der Waals surface area contributed by atoms with Gasteiger partial charge in [0.15, 0.2) is 0 Å². The molecule has 5 aromatic rings. The predicted octanol–water partition coefficient (Wildman–Crippen LogP) is 5.42. The van der Waals surface area contributed by atoms with E-state index in [0.717, 1.165) is 46.4 Å². The fraction of sp³-hybridized carbons (Fsp3) is 0.214. The summed E-state index contributed by atoms with van der Waals surface area (Å²) in [4.78, 5) is 36.0. The van der Waals surface area contributed by atoms with Crippen molar-refractivity contribution in [1.29, 1.82) is 0 Å². The normalized spacial score (nSPS) is 12.9. The molecule has 1 amide bonds. The SMILES string of the molecule is Cc1ccc(-c2ccc3c(n2)sc2c(=O)n(CC(=O)Nc4ccc5c(c4)CCC5)cnc23)cc1C. The van der Waals surface area contributed by atoms with Crippen molar-refractivity contribution < 1.29 is 4.79 Å². The Hall–Kier alpha value is -3.84. The molecule has 1 aliphatic carbocycles. The number of aromatic nitrogens is 3. The zero-order valence-corrected chi connectivity index (χ0v) is 20.4. The van der Waals surface area contributed by atoms with Crippen molar-refractivity contribution in [2.45, 2.75) is 39.7 Å². The van der Waals surface area contributed by atoms with Gasteiger partial charge in [-0.2, -0.15) is 0 Å². The number of carbonyl (C=O) groups is 1. The van der Waals surface area contributed by atoms with E-state index in [0.29, 0.717) is 10.2 Å². The van der Waals surface area contributed by atoms with Gasteiger partial charge in [0.1, 0.15) is 16.1 Å². The Labute approximate surface area is 206 Å². The molecule has 35 heavy (non-hydrogen) atoms. The second kappa shape index (κ2) is 8.43. The van der Waals surface area contributed by atoms with Gasteiger partial charge < -0.3 is 5.32 Å². The molecule has 0 fully saturated rings. The van der Waals surface area contributed by atoms with Crippen LogP contribution in [0, 0.1) is 13.8 Å². The molecule has 1 N–H and O–H groups in total. The first-order chi connectivity index (χ1) is 17.0. The number of nitrogens with zero attached hydrogens (tertiary/aromatic N) is 3. The highest BCUT2D eigenvalue weighted by molar-refractivity contribution is 7.25. The van der Waals surface area contributed by atoms with E-state index in [-0.39, 0.29) is 18.0 Å². The second-order valence-electron chi connectivity index (χ2n) is 9.19. The predicted molar refractivity (Wildman–Crippen MR) is 141 cm³/mol. The molecule has 0 spiro atoms. The molecular weight excluding hydrogens is 456 g/mol. The van der Waals surface area contributed by atoms with Gasteiger partial charge in [-0.05, 0) is 85.7 Å². The maximum Gasteiger partial charge on any atom is 0.271 e.